The van der Waals surface area contributed by atoms with Crippen molar-refractivity contribution in [2.75, 3.05) is 0 Å². The maximum atomic E-state index is 13.6. The third-order valence-electron chi connectivity index (χ3n) is 1.98. The van der Waals surface area contributed by atoms with E-state index in [2.05, 4.69) is 27.2 Å². The highest BCUT2D eigenvalue weighted by Gasteiger charge is 2.21. The van der Waals surface area contributed by atoms with Crippen LogP contribution in [0.4, 0.5) is 4.39 Å². The molecule has 0 saturated carbocycles. The number of nitrogens with one attached hydrogen (secondary N) is 1. The van der Waals surface area contributed by atoms with E-state index in [0.717, 1.165) is 0 Å². The Bertz CT molecular complexity index is 463. The first-order valence-corrected chi connectivity index (χ1v) is 5.41. The zero-order valence-corrected chi connectivity index (χ0v) is 10.6. The number of terminal acetylenes is 1. The first-order chi connectivity index (χ1) is 7.37. The van der Waals surface area contributed by atoms with Crippen molar-refractivity contribution in [3.05, 3.63) is 34.1 Å². The fraction of sp³-hybridized carbons (Fsp3) is 0.250. The number of halogens is 2. The van der Waals surface area contributed by atoms with Crippen LogP contribution in [-0.4, -0.2) is 11.4 Å². The number of carbonyl (C=O) groups is 1. The minimum atomic E-state index is -0.800. The Morgan fingerprint density at radius 1 is 1.56 bits per heavy atom. The van der Waals surface area contributed by atoms with E-state index in [1.54, 1.807) is 19.9 Å². The molecule has 1 N–H and O–H groups in total. The van der Waals surface area contributed by atoms with Gasteiger partial charge in [0, 0.05) is 0 Å². The van der Waals surface area contributed by atoms with Gasteiger partial charge in [0.25, 0.3) is 5.91 Å². The molecule has 0 fully saturated rings. The van der Waals surface area contributed by atoms with Crippen LogP contribution in [0.3, 0.4) is 0 Å². The minimum absolute atomic E-state index is 0.0299. The van der Waals surface area contributed by atoms with Gasteiger partial charge in [0.2, 0.25) is 0 Å². The van der Waals surface area contributed by atoms with Crippen LogP contribution in [0.25, 0.3) is 0 Å². The van der Waals surface area contributed by atoms with Crippen LogP contribution in [0.2, 0.25) is 0 Å². The summed E-state index contributed by atoms with van der Waals surface area (Å²) in [7, 11) is 0. The molecule has 0 saturated heterocycles. The molecule has 0 aromatic heterocycles. The van der Waals surface area contributed by atoms with Crippen LogP contribution in [0, 0.1) is 18.2 Å². The van der Waals surface area contributed by atoms with Gasteiger partial charge in [-0.15, -0.1) is 6.42 Å². The molecule has 84 valence electrons. The summed E-state index contributed by atoms with van der Waals surface area (Å²) in [6, 6.07) is 4.52. The van der Waals surface area contributed by atoms with E-state index in [1.807, 2.05) is 0 Å². The molecule has 0 radical (unpaired) electrons. The predicted octanol–water partition coefficient (Wildman–Crippen LogP) is 2.73. The van der Waals surface area contributed by atoms with Gasteiger partial charge in [0.1, 0.15) is 5.82 Å². The van der Waals surface area contributed by atoms with Crippen molar-refractivity contribution >= 4 is 21.8 Å². The molecule has 0 aliphatic carbocycles. The van der Waals surface area contributed by atoms with Gasteiger partial charge in [-0.1, -0.05) is 12.0 Å². The van der Waals surface area contributed by atoms with Gasteiger partial charge in [-0.05, 0) is 41.9 Å². The zero-order chi connectivity index (χ0) is 12.3. The quantitative estimate of drug-likeness (QED) is 0.831. The van der Waals surface area contributed by atoms with E-state index in [-0.39, 0.29) is 10.0 Å². The van der Waals surface area contributed by atoms with E-state index in [9.17, 15) is 9.18 Å². The van der Waals surface area contributed by atoms with Crippen molar-refractivity contribution in [1.82, 2.24) is 5.32 Å². The lowest BCUT2D eigenvalue weighted by Crippen LogP contribution is -2.42. The summed E-state index contributed by atoms with van der Waals surface area (Å²) < 4.78 is 13.8. The number of rotatable bonds is 2. The lowest BCUT2D eigenvalue weighted by atomic mass is 10.1. The summed E-state index contributed by atoms with van der Waals surface area (Å²) in [5, 5.41) is 2.55. The molecule has 0 atom stereocenters. The standard InChI is InChI=1S/C12H11BrFNO/c1-4-12(2,3)15-11(16)8-6-5-7-9(13)10(8)14/h1,5-7H,2-3H3,(H,15,16). The number of hydrogen-bond donors (Lipinski definition) is 1. The molecule has 1 aromatic rings. The summed E-state index contributed by atoms with van der Waals surface area (Å²) in [4.78, 5) is 11.7. The largest absolute Gasteiger partial charge is 0.336 e. The Balaban J connectivity index is 2.99. The van der Waals surface area contributed by atoms with Crippen molar-refractivity contribution in [3.8, 4) is 12.3 Å². The first kappa shape index (κ1) is 12.7. The van der Waals surface area contributed by atoms with Crippen molar-refractivity contribution in [2.45, 2.75) is 19.4 Å². The number of hydrogen-bond acceptors (Lipinski definition) is 1. The molecule has 0 aliphatic heterocycles. The molecule has 4 heteroatoms. The van der Waals surface area contributed by atoms with Gasteiger partial charge in [0.15, 0.2) is 0 Å². The molecule has 0 spiro atoms. The van der Waals surface area contributed by atoms with E-state index in [0.29, 0.717) is 0 Å². The Hall–Kier alpha value is -1.34. The lowest BCUT2D eigenvalue weighted by molar-refractivity contribution is 0.0925. The first-order valence-electron chi connectivity index (χ1n) is 4.61. The van der Waals surface area contributed by atoms with Crippen LogP contribution in [-0.2, 0) is 0 Å². The van der Waals surface area contributed by atoms with Gasteiger partial charge in [-0.3, -0.25) is 4.79 Å². The van der Waals surface area contributed by atoms with Gasteiger partial charge >= 0.3 is 0 Å². The zero-order valence-electron chi connectivity index (χ0n) is 8.97. The summed E-state index contributed by atoms with van der Waals surface area (Å²) in [6.07, 6.45) is 5.23. The monoisotopic (exact) mass is 283 g/mol. The fourth-order valence-electron chi connectivity index (χ4n) is 1.07. The van der Waals surface area contributed by atoms with Crippen LogP contribution in [0.5, 0.6) is 0 Å². The van der Waals surface area contributed by atoms with Crippen molar-refractivity contribution in [2.24, 2.45) is 0 Å². The van der Waals surface area contributed by atoms with Gasteiger partial charge in [-0.2, -0.15) is 0 Å². The Labute approximate surface area is 102 Å². The fourth-order valence-corrected chi connectivity index (χ4v) is 1.43. The van der Waals surface area contributed by atoms with Crippen LogP contribution in [0.1, 0.15) is 24.2 Å². The van der Waals surface area contributed by atoms with E-state index in [1.165, 1.54) is 12.1 Å². The molecule has 16 heavy (non-hydrogen) atoms. The van der Waals surface area contributed by atoms with Crippen LogP contribution in [0.15, 0.2) is 22.7 Å². The van der Waals surface area contributed by atoms with E-state index >= 15 is 0 Å². The summed E-state index contributed by atoms with van der Waals surface area (Å²) >= 11 is 3.02. The topological polar surface area (TPSA) is 29.1 Å². The predicted molar refractivity (Wildman–Crippen MR) is 64.5 cm³/mol. The Morgan fingerprint density at radius 3 is 2.75 bits per heavy atom. The molecule has 0 unspecified atom stereocenters. The second-order valence-electron chi connectivity index (χ2n) is 3.82. The molecule has 1 amide bonds. The maximum absolute atomic E-state index is 13.6. The third-order valence-corrected chi connectivity index (χ3v) is 2.60. The molecule has 1 aromatic carbocycles. The summed E-state index contributed by atoms with van der Waals surface area (Å²) in [5.74, 6) is 1.29. The number of benzene rings is 1. The highest BCUT2D eigenvalue weighted by Crippen LogP contribution is 2.18. The molecular formula is C12H11BrFNO. The van der Waals surface area contributed by atoms with Gasteiger partial charge in [-0.25, -0.2) is 4.39 Å². The van der Waals surface area contributed by atoms with Crippen LogP contribution >= 0.6 is 15.9 Å². The lowest BCUT2D eigenvalue weighted by Gasteiger charge is -2.19. The maximum Gasteiger partial charge on any atom is 0.255 e. The van der Waals surface area contributed by atoms with Gasteiger partial charge < -0.3 is 5.32 Å². The van der Waals surface area contributed by atoms with Crippen LogP contribution < -0.4 is 5.32 Å². The summed E-state index contributed by atoms with van der Waals surface area (Å²) in [6.45, 7) is 3.33. The average Bonchev–Trinajstić information content (AvgIpc) is 2.21. The summed E-state index contributed by atoms with van der Waals surface area (Å²) in [5.41, 5.74) is -0.830. The highest BCUT2D eigenvalue weighted by molar-refractivity contribution is 9.10. The molecule has 1 rings (SSSR count). The average molecular weight is 284 g/mol. The minimum Gasteiger partial charge on any atom is -0.336 e. The molecular weight excluding hydrogens is 273 g/mol. The van der Waals surface area contributed by atoms with Crippen molar-refractivity contribution < 1.29 is 9.18 Å². The molecule has 0 bridgehead atoms. The Kier molecular flexibility index (Phi) is 3.71. The van der Waals surface area contributed by atoms with Crippen molar-refractivity contribution in [3.63, 3.8) is 0 Å². The normalized spacial score (nSPS) is 10.7. The SMILES string of the molecule is C#CC(C)(C)NC(=O)c1cccc(Br)c1F. The second-order valence-corrected chi connectivity index (χ2v) is 4.68. The van der Waals surface area contributed by atoms with Gasteiger partial charge in [0.05, 0.1) is 15.6 Å². The Morgan fingerprint density at radius 2 is 2.19 bits per heavy atom. The molecule has 0 aliphatic rings. The van der Waals surface area contributed by atoms with E-state index in [4.69, 9.17) is 6.42 Å². The highest BCUT2D eigenvalue weighted by atomic mass is 79.9. The molecule has 2 nitrogen and oxygen atoms in total. The molecule has 0 heterocycles. The second kappa shape index (κ2) is 4.67. The number of amides is 1. The van der Waals surface area contributed by atoms with Crippen molar-refractivity contribution in [1.29, 1.82) is 0 Å². The van der Waals surface area contributed by atoms with E-state index < -0.39 is 17.3 Å². The smallest absolute Gasteiger partial charge is 0.255 e. The number of carbonyl (C=O) groups excluding carboxylic acids is 1. The third kappa shape index (κ3) is 2.83.